The zero-order valence-electron chi connectivity index (χ0n) is 10.5. The minimum Gasteiger partial charge on any atom is -0.313 e. The molecule has 0 bridgehead atoms. The standard InChI is InChI=1S/C13H20N4/c1-10(2)15-6-5-14-8-11-3-4-12-9-16-17-13(12)7-11/h3-4,7,9-10,14-15H,5-6,8H2,1-2H3,(H,16,17). The number of hydrogen-bond donors (Lipinski definition) is 3. The Kier molecular flexibility index (Phi) is 4.12. The molecule has 2 aromatic rings. The summed E-state index contributed by atoms with van der Waals surface area (Å²) in [5.41, 5.74) is 2.39. The van der Waals surface area contributed by atoms with Crippen molar-refractivity contribution in [2.45, 2.75) is 26.4 Å². The predicted octanol–water partition coefficient (Wildman–Crippen LogP) is 1.65. The van der Waals surface area contributed by atoms with E-state index < -0.39 is 0 Å². The van der Waals surface area contributed by atoms with Gasteiger partial charge in [-0.05, 0) is 11.6 Å². The van der Waals surface area contributed by atoms with E-state index in [-0.39, 0.29) is 0 Å². The molecule has 0 aliphatic heterocycles. The fourth-order valence-electron chi connectivity index (χ4n) is 1.78. The van der Waals surface area contributed by atoms with Crippen molar-refractivity contribution in [1.82, 2.24) is 20.8 Å². The van der Waals surface area contributed by atoms with Gasteiger partial charge in [-0.1, -0.05) is 26.0 Å². The molecule has 3 N–H and O–H groups in total. The Balaban J connectivity index is 1.78. The van der Waals surface area contributed by atoms with Gasteiger partial charge in [0.1, 0.15) is 0 Å². The van der Waals surface area contributed by atoms with Gasteiger partial charge in [-0.2, -0.15) is 5.10 Å². The van der Waals surface area contributed by atoms with Crippen LogP contribution in [0.25, 0.3) is 10.9 Å². The van der Waals surface area contributed by atoms with E-state index in [2.05, 4.69) is 52.9 Å². The molecule has 17 heavy (non-hydrogen) atoms. The van der Waals surface area contributed by atoms with Crippen LogP contribution in [0, 0.1) is 0 Å². The van der Waals surface area contributed by atoms with E-state index in [1.807, 2.05) is 6.20 Å². The van der Waals surface area contributed by atoms with Crippen molar-refractivity contribution in [1.29, 1.82) is 0 Å². The van der Waals surface area contributed by atoms with Crippen LogP contribution in [0.1, 0.15) is 19.4 Å². The molecule has 0 atom stereocenters. The van der Waals surface area contributed by atoms with Gasteiger partial charge in [0, 0.05) is 31.1 Å². The van der Waals surface area contributed by atoms with E-state index in [1.54, 1.807) is 0 Å². The molecule has 0 fully saturated rings. The van der Waals surface area contributed by atoms with Crippen LogP contribution in [-0.2, 0) is 6.54 Å². The summed E-state index contributed by atoms with van der Waals surface area (Å²) in [7, 11) is 0. The normalized spacial score (nSPS) is 11.5. The average Bonchev–Trinajstić information content (AvgIpc) is 2.75. The van der Waals surface area contributed by atoms with Crippen molar-refractivity contribution in [3.63, 3.8) is 0 Å². The number of rotatable bonds is 6. The highest BCUT2D eigenvalue weighted by Crippen LogP contribution is 2.12. The van der Waals surface area contributed by atoms with Crippen LogP contribution >= 0.6 is 0 Å². The van der Waals surface area contributed by atoms with Gasteiger partial charge in [-0.3, -0.25) is 5.10 Å². The SMILES string of the molecule is CC(C)NCCNCc1ccc2cn[nH]c2c1. The first-order chi connectivity index (χ1) is 8.25. The molecule has 4 heteroatoms. The Bertz CT molecular complexity index is 461. The monoisotopic (exact) mass is 232 g/mol. The summed E-state index contributed by atoms with van der Waals surface area (Å²) in [6.07, 6.45) is 1.85. The summed E-state index contributed by atoms with van der Waals surface area (Å²) in [6.45, 7) is 7.20. The Hall–Kier alpha value is -1.39. The Morgan fingerprint density at radius 2 is 2.18 bits per heavy atom. The van der Waals surface area contributed by atoms with E-state index in [4.69, 9.17) is 0 Å². The van der Waals surface area contributed by atoms with Gasteiger partial charge in [0.2, 0.25) is 0 Å². The van der Waals surface area contributed by atoms with Crippen molar-refractivity contribution < 1.29 is 0 Å². The second-order valence-corrected chi connectivity index (χ2v) is 4.58. The van der Waals surface area contributed by atoms with Gasteiger partial charge >= 0.3 is 0 Å². The lowest BCUT2D eigenvalue weighted by Gasteiger charge is -2.09. The fourth-order valence-corrected chi connectivity index (χ4v) is 1.78. The van der Waals surface area contributed by atoms with Gasteiger partial charge < -0.3 is 10.6 Å². The maximum Gasteiger partial charge on any atom is 0.0653 e. The summed E-state index contributed by atoms with van der Waals surface area (Å²) in [6, 6.07) is 6.94. The van der Waals surface area contributed by atoms with Gasteiger partial charge in [-0.25, -0.2) is 0 Å². The quantitative estimate of drug-likeness (QED) is 0.664. The van der Waals surface area contributed by atoms with Crippen molar-refractivity contribution in [2.75, 3.05) is 13.1 Å². The van der Waals surface area contributed by atoms with Gasteiger partial charge in [0.05, 0.1) is 11.7 Å². The summed E-state index contributed by atoms with van der Waals surface area (Å²) in [5.74, 6) is 0. The number of benzene rings is 1. The molecule has 0 saturated carbocycles. The maximum atomic E-state index is 4.02. The Morgan fingerprint density at radius 3 is 3.00 bits per heavy atom. The molecular weight excluding hydrogens is 212 g/mol. The van der Waals surface area contributed by atoms with E-state index >= 15 is 0 Å². The molecule has 0 aliphatic carbocycles. The molecule has 92 valence electrons. The molecule has 0 unspecified atom stereocenters. The van der Waals surface area contributed by atoms with Crippen molar-refractivity contribution in [3.05, 3.63) is 30.0 Å². The summed E-state index contributed by atoms with van der Waals surface area (Å²) in [5, 5.41) is 15.0. The molecule has 1 heterocycles. The third-order valence-corrected chi connectivity index (χ3v) is 2.69. The zero-order valence-corrected chi connectivity index (χ0v) is 10.5. The largest absolute Gasteiger partial charge is 0.313 e. The number of aromatic amines is 1. The number of nitrogens with zero attached hydrogens (tertiary/aromatic N) is 1. The highest BCUT2D eigenvalue weighted by Gasteiger charge is 1.98. The molecule has 0 spiro atoms. The average molecular weight is 232 g/mol. The van der Waals surface area contributed by atoms with Crippen LogP contribution < -0.4 is 10.6 Å². The third kappa shape index (κ3) is 3.54. The highest BCUT2D eigenvalue weighted by molar-refractivity contribution is 5.78. The van der Waals surface area contributed by atoms with E-state index in [1.165, 1.54) is 5.56 Å². The molecule has 0 amide bonds. The molecule has 0 aliphatic rings. The molecule has 4 nitrogen and oxygen atoms in total. The number of fused-ring (bicyclic) bond motifs is 1. The minimum absolute atomic E-state index is 0.554. The van der Waals surface area contributed by atoms with Gasteiger partial charge in [0.25, 0.3) is 0 Å². The number of nitrogens with one attached hydrogen (secondary N) is 3. The summed E-state index contributed by atoms with van der Waals surface area (Å²) in [4.78, 5) is 0. The first-order valence-electron chi connectivity index (χ1n) is 6.12. The molecule has 0 radical (unpaired) electrons. The van der Waals surface area contributed by atoms with Crippen LogP contribution in [0.2, 0.25) is 0 Å². The van der Waals surface area contributed by atoms with Crippen LogP contribution in [0.5, 0.6) is 0 Å². The number of H-pyrrole nitrogens is 1. The summed E-state index contributed by atoms with van der Waals surface area (Å²) < 4.78 is 0. The fraction of sp³-hybridized carbons (Fsp3) is 0.462. The lowest BCUT2D eigenvalue weighted by atomic mass is 10.1. The topological polar surface area (TPSA) is 52.7 Å². The van der Waals surface area contributed by atoms with E-state index in [0.717, 1.165) is 30.5 Å². The maximum absolute atomic E-state index is 4.02. The Morgan fingerprint density at radius 1 is 1.29 bits per heavy atom. The van der Waals surface area contributed by atoms with Crippen LogP contribution in [0.15, 0.2) is 24.4 Å². The van der Waals surface area contributed by atoms with E-state index in [0.29, 0.717) is 6.04 Å². The third-order valence-electron chi connectivity index (χ3n) is 2.69. The zero-order chi connectivity index (χ0) is 12.1. The van der Waals surface area contributed by atoms with E-state index in [9.17, 15) is 0 Å². The summed E-state index contributed by atoms with van der Waals surface area (Å²) >= 11 is 0. The van der Waals surface area contributed by atoms with Crippen LogP contribution in [-0.4, -0.2) is 29.3 Å². The minimum atomic E-state index is 0.554. The lowest BCUT2D eigenvalue weighted by Crippen LogP contribution is -2.31. The molecule has 0 saturated heterocycles. The van der Waals surface area contributed by atoms with Crippen molar-refractivity contribution in [3.8, 4) is 0 Å². The van der Waals surface area contributed by atoms with Crippen LogP contribution in [0.3, 0.4) is 0 Å². The lowest BCUT2D eigenvalue weighted by molar-refractivity contribution is 0.556. The first-order valence-corrected chi connectivity index (χ1v) is 6.12. The van der Waals surface area contributed by atoms with Gasteiger partial charge in [-0.15, -0.1) is 0 Å². The van der Waals surface area contributed by atoms with Crippen LogP contribution in [0.4, 0.5) is 0 Å². The smallest absolute Gasteiger partial charge is 0.0653 e. The second-order valence-electron chi connectivity index (χ2n) is 4.58. The molecule has 2 rings (SSSR count). The molecule has 1 aromatic carbocycles. The molecule has 1 aromatic heterocycles. The number of aromatic nitrogens is 2. The Labute approximate surface area is 102 Å². The van der Waals surface area contributed by atoms with Crippen molar-refractivity contribution >= 4 is 10.9 Å². The predicted molar refractivity (Wildman–Crippen MR) is 70.9 cm³/mol. The first kappa shape index (κ1) is 12.1. The highest BCUT2D eigenvalue weighted by atomic mass is 15.1. The molecular formula is C13H20N4. The number of hydrogen-bond acceptors (Lipinski definition) is 3. The van der Waals surface area contributed by atoms with Gasteiger partial charge in [0.15, 0.2) is 0 Å². The second kappa shape index (κ2) is 5.80. The van der Waals surface area contributed by atoms with Crippen molar-refractivity contribution in [2.24, 2.45) is 0 Å².